The molecule has 1 amide bonds. The van der Waals surface area contributed by atoms with Crippen LogP contribution in [0.4, 0.5) is 5.69 Å². The highest BCUT2D eigenvalue weighted by Crippen LogP contribution is 2.34. The monoisotopic (exact) mass is 343 g/mol. The number of pyridine rings is 2. The molecule has 3 N–H and O–H groups in total. The molecule has 0 aliphatic carbocycles. The minimum Gasteiger partial charge on any atom is -0.396 e. The molecule has 9 heteroatoms. The van der Waals surface area contributed by atoms with Gasteiger partial charge in [0.25, 0.3) is 5.91 Å². The predicted molar refractivity (Wildman–Crippen MR) is 83.0 cm³/mol. The smallest absolute Gasteiger partial charge is 0.291 e. The summed E-state index contributed by atoms with van der Waals surface area (Å²) in [6, 6.07) is 3.44. The highest BCUT2D eigenvalue weighted by molar-refractivity contribution is 6.46. The van der Waals surface area contributed by atoms with Crippen LogP contribution < -0.4 is 11.2 Å². The SMILES string of the molecule is Nc1c(Cl)c(Cl)nc(C(=O)N/N=C\c2ccncc2)c1Cl. The van der Waals surface area contributed by atoms with Crippen molar-refractivity contribution in [3.8, 4) is 0 Å². The first-order chi connectivity index (χ1) is 10.0. The Kier molecular flexibility index (Phi) is 4.95. The Bertz CT molecular complexity index is 706. The number of aromatic nitrogens is 2. The average Bonchev–Trinajstić information content (AvgIpc) is 2.49. The quantitative estimate of drug-likeness (QED) is 0.508. The molecule has 0 unspecified atom stereocenters. The van der Waals surface area contributed by atoms with E-state index in [1.165, 1.54) is 6.21 Å². The third-order valence-corrected chi connectivity index (χ3v) is 3.51. The molecule has 0 aromatic carbocycles. The van der Waals surface area contributed by atoms with Gasteiger partial charge < -0.3 is 5.73 Å². The first-order valence-corrected chi connectivity index (χ1v) is 6.67. The maximum Gasteiger partial charge on any atom is 0.291 e. The molecule has 0 fully saturated rings. The highest BCUT2D eigenvalue weighted by atomic mass is 35.5. The summed E-state index contributed by atoms with van der Waals surface area (Å²) in [5.74, 6) is -0.657. The van der Waals surface area contributed by atoms with E-state index >= 15 is 0 Å². The second-order valence-corrected chi connectivity index (χ2v) is 4.89. The standard InChI is InChI=1S/C12H8Cl3N5O/c13-7-9(16)8(14)11(15)19-10(7)12(21)20-18-5-6-1-3-17-4-2-6/h1-5H,(H2,16,19)(H,20,21)/b18-5-. The van der Waals surface area contributed by atoms with Crippen LogP contribution in [0.2, 0.25) is 15.2 Å². The van der Waals surface area contributed by atoms with E-state index in [-0.39, 0.29) is 26.6 Å². The third kappa shape index (κ3) is 3.60. The summed E-state index contributed by atoms with van der Waals surface area (Å²) in [6.45, 7) is 0. The van der Waals surface area contributed by atoms with Gasteiger partial charge in [0.1, 0.15) is 5.02 Å². The molecule has 0 saturated carbocycles. The molecule has 2 aromatic heterocycles. The van der Waals surface area contributed by atoms with Crippen molar-refractivity contribution in [1.82, 2.24) is 15.4 Å². The molecule has 0 atom stereocenters. The van der Waals surface area contributed by atoms with Crippen LogP contribution in [0.5, 0.6) is 0 Å². The summed E-state index contributed by atoms with van der Waals surface area (Å²) in [5.41, 5.74) is 8.49. The Morgan fingerprint density at radius 1 is 1.24 bits per heavy atom. The minimum absolute atomic E-state index is 0.00139. The summed E-state index contributed by atoms with van der Waals surface area (Å²) in [4.78, 5) is 19.6. The molecule has 108 valence electrons. The molecule has 0 saturated heterocycles. The molecule has 0 aliphatic heterocycles. The van der Waals surface area contributed by atoms with Crippen molar-refractivity contribution in [2.75, 3.05) is 5.73 Å². The molecule has 0 spiro atoms. The summed E-state index contributed by atoms with van der Waals surface area (Å²) in [5, 5.41) is 3.58. The zero-order valence-corrected chi connectivity index (χ0v) is 12.6. The molecule has 0 bridgehead atoms. The number of nitrogens with two attached hydrogens (primary N) is 1. The van der Waals surface area contributed by atoms with Crippen LogP contribution in [-0.2, 0) is 0 Å². The molecule has 0 radical (unpaired) electrons. The van der Waals surface area contributed by atoms with E-state index < -0.39 is 5.91 Å². The number of amides is 1. The number of nitrogens with one attached hydrogen (secondary N) is 1. The van der Waals surface area contributed by atoms with Gasteiger partial charge in [-0.2, -0.15) is 5.10 Å². The molecule has 2 heterocycles. The van der Waals surface area contributed by atoms with E-state index in [1.807, 2.05) is 0 Å². The van der Waals surface area contributed by atoms with Gasteiger partial charge in [-0.05, 0) is 17.7 Å². The van der Waals surface area contributed by atoms with Crippen LogP contribution in [0.25, 0.3) is 0 Å². The maximum atomic E-state index is 11.9. The Labute approximate surface area is 134 Å². The van der Waals surface area contributed by atoms with Gasteiger partial charge in [0.05, 0.1) is 16.9 Å². The van der Waals surface area contributed by atoms with E-state index in [0.717, 1.165) is 5.56 Å². The lowest BCUT2D eigenvalue weighted by molar-refractivity contribution is 0.0950. The second-order valence-electron chi connectivity index (χ2n) is 3.77. The van der Waals surface area contributed by atoms with Crippen molar-refractivity contribution in [3.05, 3.63) is 51.0 Å². The highest BCUT2D eigenvalue weighted by Gasteiger charge is 2.19. The average molecular weight is 345 g/mol. The number of hydrazone groups is 1. The second kappa shape index (κ2) is 6.71. The van der Waals surface area contributed by atoms with Crippen molar-refractivity contribution in [1.29, 1.82) is 0 Å². The number of nitrogens with zero attached hydrogens (tertiary/aromatic N) is 3. The van der Waals surface area contributed by atoms with Crippen molar-refractivity contribution >= 4 is 52.6 Å². The molecule has 21 heavy (non-hydrogen) atoms. The Morgan fingerprint density at radius 2 is 1.90 bits per heavy atom. The van der Waals surface area contributed by atoms with Crippen molar-refractivity contribution in [2.45, 2.75) is 0 Å². The number of anilines is 1. The number of hydrogen-bond donors (Lipinski definition) is 2. The number of hydrogen-bond acceptors (Lipinski definition) is 5. The van der Waals surface area contributed by atoms with Crippen molar-refractivity contribution in [3.63, 3.8) is 0 Å². The van der Waals surface area contributed by atoms with Crippen molar-refractivity contribution < 1.29 is 4.79 Å². The van der Waals surface area contributed by atoms with Gasteiger partial charge in [-0.1, -0.05) is 34.8 Å². The van der Waals surface area contributed by atoms with Crippen LogP contribution in [0.15, 0.2) is 29.6 Å². The summed E-state index contributed by atoms with van der Waals surface area (Å²) in [7, 11) is 0. The summed E-state index contributed by atoms with van der Waals surface area (Å²) < 4.78 is 0. The van der Waals surface area contributed by atoms with Crippen LogP contribution in [-0.4, -0.2) is 22.1 Å². The van der Waals surface area contributed by atoms with Gasteiger partial charge in [0, 0.05) is 12.4 Å². The topological polar surface area (TPSA) is 93.3 Å². The normalized spacial score (nSPS) is 10.8. The largest absolute Gasteiger partial charge is 0.396 e. The Morgan fingerprint density at radius 3 is 2.57 bits per heavy atom. The lowest BCUT2D eigenvalue weighted by Crippen LogP contribution is -2.20. The van der Waals surface area contributed by atoms with Gasteiger partial charge in [-0.15, -0.1) is 0 Å². The van der Waals surface area contributed by atoms with Crippen LogP contribution >= 0.6 is 34.8 Å². The van der Waals surface area contributed by atoms with Crippen molar-refractivity contribution in [2.24, 2.45) is 5.10 Å². The van der Waals surface area contributed by atoms with Crippen LogP contribution in [0.3, 0.4) is 0 Å². The third-order valence-electron chi connectivity index (χ3n) is 2.37. The fraction of sp³-hybridized carbons (Fsp3) is 0. The van der Waals surface area contributed by atoms with E-state index in [9.17, 15) is 4.79 Å². The Balaban J connectivity index is 2.16. The van der Waals surface area contributed by atoms with Gasteiger partial charge in [0.2, 0.25) is 0 Å². The lowest BCUT2D eigenvalue weighted by atomic mass is 10.3. The van der Waals surface area contributed by atoms with Gasteiger partial charge >= 0.3 is 0 Å². The molecule has 6 nitrogen and oxygen atoms in total. The zero-order valence-electron chi connectivity index (χ0n) is 10.3. The van der Waals surface area contributed by atoms with Gasteiger partial charge in [-0.25, -0.2) is 10.4 Å². The number of halogens is 3. The maximum absolute atomic E-state index is 11.9. The first-order valence-electron chi connectivity index (χ1n) is 5.54. The minimum atomic E-state index is -0.657. The molecule has 2 rings (SSSR count). The molecular weight excluding hydrogens is 337 g/mol. The van der Waals surface area contributed by atoms with Gasteiger partial charge in [-0.3, -0.25) is 9.78 Å². The van der Waals surface area contributed by atoms with Crippen LogP contribution in [0.1, 0.15) is 16.1 Å². The van der Waals surface area contributed by atoms with E-state index in [2.05, 4.69) is 20.5 Å². The summed E-state index contributed by atoms with van der Waals surface area (Å²) >= 11 is 17.4. The lowest BCUT2D eigenvalue weighted by Gasteiger charge is -2.07. The van der Waals surface area contributed by atoms with Crippen LogP contribution in [0, 0.1) is 0 Å². The summed E-state index contributed by atoms with van der Waals surface area (Å²) in [6.07, 6.45) is 4.64. The number of nitrogen functional groups attached to an aromatic ring is 1. The van der Waals surface area contributed by atoms with E-state index in [4.69, 9.17) is 40.5 Å². The number of carbonyl (C=O) groups excluding carboxylic acids is 1. The Hall–Kier alpha value is -1.89. The number of rotatable bonds is 3. The zero-order chi connectivity index (χ0) is 15.4. The fourth-order valence-corrected chi connectivity index (χ4v) is 1.94. The predicted octanol–water partition coefficient (Wildman–Crippen LogP) is 2.78. The first kappa shape index (κ1) is 15.5. The van der Waals surface area contributed by atoms with E-state index in [0.29, 0.717) is 0 Å². The molecular formula is C12H8Cl3N5O. The molecule has 0 aliphatic rings. The van der Waals surface area contributed by atoms with Gasteiger partial charge in [0.15, 0.2) is 10.8 Å². The fourth-order valence-electron chi connectivity index (χ4n) is 1.35. The molecule has 2 aromatic rings. The number of carbonyl (C=O) groups is 1. The van der Waals surface area contributed by atoms with E-state index in [1.54, 1.807) is 24.5 Å².